The van der Waals surface area contributed by atoms with E-state index < -0.39 is 16.3 Å². The van der Waals surface area contributed by atoms with Crippen LogP contribution >= 0.6 is 0 Å². The maximum atomic E-state index is 12.5. The Balaban J connectivity index is 1.54. The second kappa shape index (κ2) is 7.33. The molecule has 150 valence electrons. The molecule has 0 bridgehead atoms. The SMILES string of the molecule is Cc1cc(C2Oc3ccc(NS(=O)(=O)c4ccccc4)cc3O2)ccc1N(C)C. The number of fused-ring (bicyclic) bond motifs is 1. The number of hydrogen-bond donors (Lipinski definition) is 1. The first-order valence-electron chi connectivity index (χ1n) is 9.16. The number of hydrogen-bond acceptors (Lipinski definition) is 5. The lowest BCUT2D eigenvalue weighted by atomic mass is 10.1. The molecule has 7 heteroatoms. The standard InChI is InChI=1S/C22H22N2O4S/c1-15-13-16(9-11-19(15)24(2)3)22-27-20-12-10-17(14-21(20)28-22)23-29(25,26)18-7-5-4-6-8-18/h4-14,22-23H,1-3H3. The molecule has 29 heavy (non-hydrogen) atoms. The minimum Gasteiger partial charge on any atom is -0.447 e. The Kier molecular flexibility index (Phi) is 4.84. The minimum atomic E-state index is -3.67. The van der Waals surface area contributed by atoms with E-state index in [0.29, 0.717) is 17.2 Å². The summed E-state index contributed by atoms with van der Waals surface area (Å²) >= 11 is 0. The van der Waals surface area contributed by atoms with Crippen molar-refractivity contribution >= 4 is 21.4 Å². The third kappa shape index (κ3) is 3.86. The van der Waals surface area contributed by atoms with Gasteiger partial charge < -0.3 is 14.4 Å². The number of nitrogens with one attached hydrogen (secondary N) is 1. The van der Waals surface area contributed by atoms with Crippen LogP contribution in [0.25, 0.3) is 0 Å². The molecule has 1 N–H and O–H groups in total. The third-order valence-corrected chi connectivity index (χ3v) is 6.09. The van der Waals surface area contributed by atoms with Crippen molar-refractivity contribution in [2.45, 2.75) is 18.1 Å². The Morgan fingerprint density at radius 3 is 2.31 bits per heavy atom. The van der Waals surface area contributed by atoms with Gasteiger partial charge >= 0.3 is 0 Å². The van der Waals surface area contributed by atoms with Crippen molar-refractivity contribution in [3.8, 4) is 11.5 Å². The van der Waals surface area contributed by atoms with Crippen LogP contribution in [0.3, 0.4) is 0 Å². The molecule has 4 rings (SSSR count). The first-order valence-corrected chi connectivity index (χ1v) is 10.6. The molecule has 0 radical (unpaired) electrons. The molecule has 0 aliphatic carbocycles. The van der Waals surface area contributed by atoms with Gasteiger partial charge in [-0.3, -0.25) is 4.72 Å². The van der Waals surface area contributed by atoms with Crippen molar-refractivity contribution in [2.75, 3.05) is 23.7 Å². The summed E-state index contributed by atoms with van der Waals surface area (Å²) in [5.74, 6) is 1.07. The summed E-state index contributed by atoms with van der Waals surface area (Å²) in [6.45, 7) is 2.04. The monoisotopic (exact) mass is 410 g/mol. The van der Waals surface area contributed by atoms with Crippen LogP contribution in [-0.2, 0) is 10.0 Å². The van der Waals surface area contributed by atoms with E-state index >= 15 is 0 Å². The average Bonchev–Trinajstić information content (AvgIpc) is 3.11. The first-order chi connectivity index (χ1) is 13.8. The molecule has 3 aromatic rings. The summed E-state index contributed by atoms with van der Waals surface area (Å²) in [5.41, 5.74) is 3.56. The van der Waals surface area contributed by atoms with Gasteiger partial charge in [-0.25, -0.2) is 8.42 Å². The molecule has 0 saturated carbocycles. The number of rotatable bonds is 5. The Labute approximate surface area is 170 Å². The van der Waals surface area contributed by atoms with Crippen molar-refractivity contribution in [3.63, 3.8) is 0 Å². The van der Waals surface area contributed by atoms with E-state index in [0.717, 1.165) is 16.8 Å². The van der Waals surface area contributed by atoms with Crippen LogP contribution in [0.5, 0.6) is 11.5 Å². The molecular formula is C22H22N2O4S. The van der Waals surface area contributed by atoms with Gasteiger partial charge in [0.15, 0.2) is 11.5 Å². The van der Waals surface area contributed by atoms with Crippen LogP contribution in [0.2, 0.25) is 0 Å². The van der Waals surface area contributed by atoms with Gasteiger partial charge in [0.1, 0.15) is 0 Å². The smallest absolute Gasteiger partial charge is 0.267 e. The molecule has 0 spiro atoms. The van der Waals surface area contributed by atoms with Crippen LogP contribution in [-0.4, -0.2) is 22.5 Å². The Bertz CT molecular complexity index is 1140. The predicted octanol–water partition coefficient (Wildman–Crippen LogP) is 4.33. The van der Waals surface area contributed by atoms with Crippen molar-refractivity contribution in [1.82, 2.24) is 0 Å². The Morgan fingerprint density at radius 2 is 1.62 bits per heavy atom. The number of nitrogens with zero attached hydrogens (tertiary/aromatic N) is 1. The highest BCUT2D eigenvalue weighted by Gasteiger charge is 2.27. The van der Waals surface area contributed by atoms with Crippen LogP contribution in [0.4, 0.5) is 11.4 Å². The number of aryl methyl sites for hydroxylation is 1. The van der Waals surface area contributed by atoms with Gasteiger partial charge in [0, 0.05) is 31.4 Å². The van der Waals surface area contributed by atoms with Crippen molar-refractivity contribution in [3.05, 3.63) is 77.9 Å². The van der Waals surface area contributed by atoms with Gasteiger partial charge in [0.25, 0.3) is 16.3 Å². The number of benzene rings is 3. The molecule has 1 heterocycles. The van der Waals surface area contributed by atoms with E-state index in [4.69, 9.17) is 9.47 Å². The molecule has 0 saturated heterocycles. The van der Waals surface area contributed by atoms with Crippen molar-refractivity contribution < 1.29 is 17.9 Å². The topological polar surface area (TPSA) is 67.9 Å². The molecule has 0 amide bonds. The highest BCUT2D eigenvalue weighted by molar-refractivity contribution is 7.92. The molecule has 1 aliphatic rings. The molecule has 1 atom stereocenters. The summed E-state index contributed by atoms with van der Waals surface area (Å²) in [4.78, 5) is 2.25. The normalized spacial score (nSPS) is 15.2. The lowest BCUT2D eigenvalue weighted by Gasteiger charge is -2.18. The lowest BCUT2D eigenvalue weighted by molar-refractivity contribution is 0.0487. The number of ether oxygens (including phenoxy) is 2. The second-order valence-corrected chi connectivity index (χ2v) is 8.77. The van der Waals surface area contributed by atoms with Crippen LogP contribution < -0.4 is 19.1 Å². The van der Waals surface area contributed by atoms with Crippen LogP contribution in [0.1, 0.15) is 17.4 Å². The molecule has 3 aromatic carbocycles. The zero-order valence-electron chi connectivity index (χ0n) is 16.4. The molecule has 1 aliphatic heterocycles. The highest BCUT2D eigenvalue weighted by atomic mass is 32.2. The largest absolute Gasteiger partial charge is 0.447 e. The Hall–Kier alpha value is -3.19. The van der Waals surface area contributed by atoms with Crippen molar-refractivity contribution in [2.24, 2.45) is 0 Å². The van der Waals surface area contributed by atoms with Crippen LogP contribution in [0, 0.1) is 6.92 Å². The van der Waals surface area contributed by atoms with Gasteiger partial charge in [0.05, 0.1) is 10.6 Å². The molecule has 0 fully saturated rings. The van der Waals surface area contributed by atoms with Gasteiger partial charge in [-0.05, 0) is 55.0 Å². The van der Waals surface area contributed by atoms with E-state index in [1.165, 1.54) is 0 Å². The van der Waals surface area contributed by atoms with E-state index in [2.05, 4.69) is 9.62 Å². The summed E-state index contributed by atoms with van der Waals surface area (Å²) in [5, 5.41) is 0. The third-order valence-electron chi connectivity index (χ3n) is 4.69. The summed E-state index contributed by atoms with van der Waals surface area (Å²) in [6.07, 6.45) is -0.569. The van der Waals surface area contributed by atoms with Gasteiger partial charge in [-0.1, -0.05) is 18.2 Å². The summed E-state index contributed by atoms with van der Waals surface area (Å²) in [7, 11) is 0.331. The van der Waals surface area contributed by atoms with Gasteiger partial charge in [-0.2, -0.15) is 0 Å². The fourth-order valence-corrected chi connectivity index (χ4v) is 4.36. The molecule has 1 unspecified atom stereocenters. The van der Waals surface area contributed by atoms with E-state index in [-0.39, 0.29) is 4.90 Å². The molecular weight excluding hydrogens is 388 g/mol. The fourth-order valence-electron chi connectivity index (χ4n) is 3.29. The second-order valence-electron chi connectivity index (χ2n) is 7.09. The van der Waals surface area contributed by atoms with E-state index in [1.54, 1.807) is 48.5 Å². The maximum Gasteiger partial charge on any atom is 0.267 e. The zero-order chi connectivity index (χ0) is 20.6. The summed E-state index contributed by atoms with van der Waals surface area (Å²) < 4.78 is 39.5. The van der Waals surface area contributed by atoms with Crippen LogP contribution in [0.15, 0.2) is 71.6 Å². The average molecular weight is 410 g/mol. The summed E-state index contributed by atoms with van der Waals surface area (Å²) in [6, 6.07) is 19.3. The Morgan fingerprint density at radius 1 is 0.897 bits per heavy atom. The lowest BCUT2D eigenvalue weighted by Crippen LogP contribution is -2.13. The minimum absolute atomic E-state index is 0.201. The zero-order valence-corrected chi connectivity index (χ0v) is 17.2. The van der Waals surface area contributed by atoms with E-state index in [9.17, 15) is 8.42 Å². The van der Waals surface area contributed by atoms with Gasteiger partial charge in [0.2, 0.25) is 0 Å². The molecule has 0 aromatic heterocycles. The number of sulfonamides is 1. The molecule has 6 nitrogen and oxygen atoms in total. The maximum absolute atomic E-state index is 12.5. The highest BCUT2D eigenvalue weighted by Crippen LogP contribution is 2.42. The van der Waals surface area contributed by atoms with Gasteiger partial charge in [-0.15, -0.1) is 0 Å². The number of anilines is 2. The van der Waals surface area contributed by atoms with E-state index in [1.807, 2.05) is 39.2 Å². The quantitative estimate of drug-likeness (QED) is 0.678. The predicted molar refractivity (Wildman–Crippen MR) is 113 cm³/mol. The first kappa shape index (κ1) is 19.1. The fraction of sp³-hybridized carbons (Fsp3) is 0.182. The van der Waals surface area contributed by atoms with Crippen molar-refractivity contribution in [1.29, 1.82) is 0 Å².